The first-order valence-corrected chi connectivity index (χ1v) is 5.28. The number of benzene rings is 1. The Labute approximate surface area is 85.1 Å². The molecule has 0 saturated heterocycles. The molecular weight excluding hydrogens is 175 g/mol. The Kier molecular flexibility index (Phi) is 2.13. The molecule has 0 atom stereocenters. The molecule has 0 amide bonds. The van der Waals surface area contributed by atoms with Gasteiger partial charge in [0.15, 0.2) is 0 Å². The smallest absolute Gasteiger partial charge is 0.126 e. The molecule has 0 N–H and O–H groups in total. The fourth-order valence-corrected chi connectivity index (χ4v) is 1.72. The summed E-state index contributed by atoms with van der Waals surface area (Å²) in [6.07, 6.45) is 2.31. The first-order chi connectivity index (χ1) is 6.48. The highest BCUT2D eigenvalue weighted by Gasteiger charge is 2.27. The number of halogens is 1. The normalized spacial score (nSPS) is 17.1. The molecule has 1 aromatic rings. The summed E-state index contributed by atoms with van der Waals surface area (Å²) in [6, 6.07) is 5.57. The van der Waals surface area contributed by atoms with Crippen LogP contribution in [-0.2, 0) is 5.41 Å². The van der Waals surface area contributed by atoms with Crippen molar-refractivity contribution in [2.75, 3.05) is 0 Å². The molecule has 0 unspecified atom stereocenters. The zero-order valence-corrected chi connectivity index (χ0v) is 9.10. The van der Waals surface area contributed by atoms with E-state index in [1.54, 1.807) is 6.07 Å². The van der Waals surface area contributed by atoms with Gasteiger partial charge < -0.3 is 0 Å². The zero-order chi connectivity index (χ0) is 10.3. The van der Waals surface area contributed by atoms with E-state index in [2.05, 4.69) is 20.8 Å². The molecule has 0 heterocycles. The van der Waals surface area contributed by atoms with Crippen molar-refractivity contribution >= 4 is 0 Å². The highest BCUT2D eigenvalue weighted by Crippen LogP contribution is 2.42. The van der Waals surface area contributed by atoms with Gasteiger partial charge in [-0.3, -0.25) is 0 Å². The van der Waals surface area contributed by atoms with Crippen molar-refractivity contribution in [2.24, 2.45) is 0 Å². The third-order valence-electron chi connectivity index (χ3n) is 2.88. The van der Waals surface area contributed by atoms with Crippen LogP contribution in [0.4, 0.5) is 4.39 Å². The number of rotatable bonds is 1. The molecule has 14 heavy (non-hydrogen) atoms. The molecular formula is C13H17F. The summed E-state index contributed by atoms with van der Waals surface area (Å²) in [5, 5.41) is 0. The minimum atomic E-state index is -0.0273. The van der Waals surface area contributed by atoms with E-state index in [1.165, 1.54) is 5.56 Å². The van der Waals surface area contributed by atoms with Gasteiger partial charge in [0.05, 0.1) is 0 Å². The van der Waals surface area contributed by atoms with Crippen molar-refractivity contribution in [2.45, 2.75) is 44.9 Å². The average Bonchev–Trinajstić information content (AvgIpc) is 2.85. The Hall–Kier alpha value is -0.850. The average molecular weight is 192 g/mol. The van der Waals surface area contributed by atoms with E-state index in [1.807, 2.05) is 12.1 Å². The summed E-state index contributed by atoms with van der Waals surface area (Å²) in [7, 11) is 0. The maximum atomic E-state index is 13.4. The summed E-state index contributed by atoms with van der Waals surface area (Å²) < 4.78 is 13.4. The summed E-state index contributed by atoms with van der Waals surface area (Å²) in [4.78, 5) is 0. The molecule has 1 fully saturated rings. The van der Waals surface area contributed by atoms with Crippen LogP contribution in [0.25, 0.3) is 0 Å². The maximum Gasteiger partial charge on any atom is 0.126 e. The largest absolute Gasteiger partial charge is 0.207 e. The third kappa shape index (κ3) is 1.82. The Morgan fingerprint density at radius 3 is 2.36 bits per heavy atom. The second kappa shape index (κ2) is 3.08. The van der Waals surface area contributed by atoms with Gasteiger partial charge in [-0.05, 0) is 41.4 Å². The fourth-order valence-electron chi connectivity index (χ4n) is 1.72. The van der Waals surface area contributed by atoms with Crippen LogP contribution in [0.1, 0.15) is 50.7 Å². The van der Waals surface area contributed by atoms with Gasteiger partial charge in [0.2, 0.25) is 0 Å². The lowest BCUT2D eigenvalue weighted by atomic mass is 9.85. The molecule has 1 saturated carbocycles. The molecule has 1 aliphatic carbocycles. The lowest BCUT2D eigenvalue weighted by molar-refractivity contribution is 0.576. The predicted octanol–water partition coefficient (Wildman–Crippen LogP) is 4.00. The quantitative estimate of drug-likeness (QED) is 0.631. The van der Waals surface area contributed by atoms with Crippen molar-refractivity contribution in [1.29, 1.82) is 0 Å². The van der Waals surface area contributed by atoms with Gasteiger partial charge in [-0.15, -0.1) is 0 Å². The Bertz CT molecular complexity index is 343. The van der Waals surface area contributed by atoms with Crippen molar-refractivity contribution in [3.8, 4) is 0 Å². The van der Waals surface area contributed by atoms with Gasteiger partial charge in [-0.25, -0.2) is 4.39 Å². The van der Waals surface area contributed by atoms with Crippen LogP contribution in [0.5, 0.6) is 0 Å². The van der Waals surface area contributed by atoms with Gasteiger partial charge in [0, 0.05) is 0 Å². The molecule has 0 radical (unpaired) electrons. The van der Waals surface area contributed by atoms with Gasteiger partial charge >= 0.3 is 0 Å². The van der Waals surface area contributed by atoms with Crippen LogP contribution in [0.15, 0.2) is 18.2 Å². The van der Waals surface area contributed by atoms with Crippen LogP contribution < -0.4 is 0 Å². The lowest BCUT2D eigenvalue weighted by Crippen LogP contribution is -2.11. The van der Waals surface area contributed by atoms with E-state index in [0.717, 1.165) is 18.4 Å². The predicted molar refractivity (Wildman–Crippen MR) is 57.1 cm³/mol. The van der Waals surface area contributed by atoms with Gasteiger partial charge in [-0.1, -0.05) is 32.9 Å². The number of hydrogen-bond donors (Lipinski definition) is 0. The summed E-state index contributed by atoms with van der Waals surface area (Å²) in [6.45, 7) is 6.49. The number of hydrogen-bond acceptors (Lipinski definition) is 0. The van der Waals surface area contributed by atoms with Crippen LogP contribution >= 0.6 is 0 Å². The SMILES string of the molecule is CC(C)(C)c1ccc(F)c(C2CC2)c1. The standard InChI is InChI=1S/C13H17F/c1-13(2,3)10-6-7-12(14)11(8-10)9-4-5-9/h6-9H,4-5H2,1-3H3. The van der Waals surface area contributed by atoms with Crippen LogP contribution in [-0.4, -0.2) is 0 Å². The molecule has 1 aliphatic rings. The van der Waals surface area contributed by atoms with E-state index in [9.17, 15) is 4.39 Å². The van der Waals surface area contributed by atoms with Crippen LogP contribution in [0.2, 0.25) is 0 Å². The van der Waals surface area contributed by atoms with Crippen molar-refractivity contribution in [3.05, 3.63) is 35.1 Å². The molecule has 1 aromatic carbocycles. The van der Waals surface area contributed by atoms with Gasteiger partial charge in [-0.2, -0.15) is 0 Å². The molecule has 76 valence electrons. The van der Waals surface area contributed by atoms with Gasteiger partial charge in [0.25, 0.3) is 0 Å². The molecule has 0 aliphatic heterocycles. The Balaban J connectivity index is 2.40. The molecule has 0 aromatic heterocycles. The molecule has 0 bridgehead atoms. The zero-order valence-electron chi connectivity index (χ0n) is 9.10. The molecule has 2 rings (SSSR count). The first-order valence-electron chi connectivity index (χ1n) is 5.28. The minimum absolute atomic E-state index is 0.0273. The van der Waals surface area contributed by atoms with E-state index < -0.39 is 0 Å². The topological polar surface area (TPSA) is 0 Å². The Morgan fingerprint density at radius 1 is 1.21 bits per heavy atom. The van der Waals surface area contributed by atoms with Crippen molar-refractivity contribution in [1.82, 2.24) is 0 Å². The van der Waals surface area contributed by atoms with E-state index in [-0.39, 0.29) is 11.2 Å². The molecule has 1 heteroatoms. The summed E-state index contributed by atoms with van der Waals surface area (Å²) in [5.41, 5.74) is 2.29. The lowest BCUT2D eigenvalue weighted by Gasteiger charge is -2.20. The van der Waals surface area contributed by atoms with E-state index in [4.69, 9.17) is 0 Å². The van der Waals surface area contributed by atoms with E-state index in [0.29, 0.717) is 5.92 Å². The van der Waals surface area contributed by atoms with Crippen molar-refractivity contribution < 1.29 is 4.39 Å². The Morgan fingerprint density at radius 2 is 1.86 bits per heavy atom. The maximum absolute atomic E-state index is 13.4. The second-order valence-electron chi connectivity index (χ2n) is 5.26. The highest BCUT2D eigenvalue weighted by atomic mass is 19.1. The monoisotopic (exact) mass is 192 g/mol. The third-order valence-corrected chi connectivity index (χ3v) is 2.88. The fraction of sp³-hybridized carbons (Fsp3) is 0.538. The van der Waals surface area contributed by atoms with E-state index >= 15 is 0 Å². The first kappa shape index (κ1) is 9.70. The molecule has 0 nitrogen and oxygen atoms in total. The molecule has 0 spiro atoms. The van der Waals surface area contributed by atoms with Crippen molar-refractivity contribution in [3.63, 3.8) is 0 Å². The summed E-state index contributed by atoms with van der Waals surface area (Å²) >= 11 is 0. The minimum Gasteiger partial charge on any atom is -0.207 e. The van der Waals surface area contributed by atoms with Crippen LogP contribution in [0.3, 0.4) is 0 Å². The van der Waals surface area contributed by atoms with Gasteiger partial charge in [0.1, 0.15) is 5.82 Å². The highest BCUT2D eigenvalue weighted by molar-refractivity contribution is 5.33. The van der Waals surface area contributed by atoms with Crippen LogP contribution in [0, 0.1) is 5.82 Å². The second-order valence-corrected chi connectivity index (χ2v) is 5.26. The summed E-state index contributed by atoms with van der Waals surface area (Å²) in [5.74, 6) is 0.470.